The minimum atomic E-state index is -0.144. The fourth-order valence-electron chi connectivity index (χ4n) is 2.58. The maximum absolute atomic E-state index is 5.12. The molecule has 0 bridgehead atoms. The summed E-state index contributed by atoms with van der Waals surface area (Å²) in [5, 5.41) is 7.72. The average Bonchev–Trinajstić information content (AvgIpc) is 2.81. The van der Waals surface area contributed by atoms with Gasteiger partial charge in [-0.05, 0) is 38.3 Å². The molecular weight excluding hydrogens is 240 g/mol. The first-order valence-corrected chi connectivity index (χ1v) is 6.69. The number of nitrogens with one attached hydrogen (secondary N) is 1. The SMILES string of the molecule is Cc1nc(C2(N[C@H](C)c3ccccn3)CCC2)no1. The van der Waals surface area contributed by atoms with E-state index in [4.69, 9.17) is 4.52 Å². The zero-order valence-electron chi connectivity index (χ0n) is 11.3. The monoisotopic (exact) mass is 258 g/mol. The van der Waals surface area contributed by atoms with Gasteiger partial charge in [0.25, 0.3) is 0 Å². The Hall–Kier alpha value is -1.75. The molecule has 1 N–H and O–H groups in total. The molecule has 5 heteroatoms. The summed E-state index contributed by atoms with van der Waals surface area (Å²) in [5.74, 6) is 1.40. The quantitative estimate of drug-likeness (QED) is 0.912. The molecule has 0 aliphatic heterocycles. The predicted molar refractivity (Wildman–Crippen MR) is 70.4 cm³/mol. The Balaban J connectivity index is 1.80. The Morgan fingerprint density at radius 3 is 2.74 bits per heavy atom. The molecule has 100 valence electrons. The highest BCUT2D eigenvalue weighted by molar-refractivity contribution is 5.15. The third-order valence-corrected chi connectivity index (χ3v) is 3.79. The van der Waals surface area contributed by atoms with Gasteiger partial charge in [0.1, 0.15) is 0 Å². The lowest BCUT2D eigenvalue weighted by molar-refractivity contribution is 0.149. The van der Waals surface area contributed by atoms with Crippen molar-refractivity contribution in [2.24, 2.45) is 0 Å². The van der Waals surface area contributed by atoms with Gasteiger partial charge in [-0.2, -0.15) is 4.98 Å². The van der Waals surface area contributed by atoms with Crippen molar-refractivity contribution in [2.45, 2.75) is 44.7 Å². The van der Waals surface area contributed by atoms with E-state index < -0.39 is 0 Å². The van der Waals surface area contributed by atoms with E-state index in [1.807, 2.05) is 31.3 Å². The Kier molecular flexibility index (Phi) is 3.06. The summed E-state index contributed by atoms with van der Waals surface area (Å²) in [6.07, 6.45) is 5.10. The summed E-state index contributed by atoms with van der Waals surface area (Å²) in [6.45, 7) is 3.94. The third kappa shape index (κ3) is 2.26. The lowest BCUT2D eigenvalue weighted by atomic mass is 9.75. The van der Waals surface area contributed by atoms with Gasteiger partial charge in [-0.1, -0.05) is 11.2 Å². The van der Waals surface area contributed by atoms with Crippen molar-refractivity contribution in [3.63, 3.8) is 0 Å². The van der Waals surface area contributed by atoms with E-state index in [1.165, 1.54) is 6.42 Å². The van der Waals surface area contributed by atoms with Crippen molar-refractivity contribution in [3.05, 3.63) is 41.8 Å². The number of hydrogen-bond acceptors (Lipinski definition) is 5. The van der Waals surface area contributed by atoms with Crippen molar-refractivity contribution in [1.29, 1.82) is 0 Å². The van der Waals surface area contributed by atoms with Gasteiger partial charge in [0.05, 0.1) is 11.2 Å². The van der Waals surface area contributed by atoms with Crippen molar-refractivity contribution < 1.29 is 4.52 Å². The van der Waals surface area contributed by atoms with Gasteiger partial charge in [0, 0.05) is 19.2 Å². The molecule has 1 aliphatic rings. The van der Waals surface area contributed by atoms with E-state index in [9.17, 15) is 0 Å². The molecular formula is C14H18N4O. The van der Waals surface area contributed by atoms with Crippen molar-refractivity contribution in [1.82, 2.24) is 20.4 Å². The maximum Gasteiger partial charge on any atom is 0.223 e. The van der Waals surface area contributed by atoms with Crippen molar-refractivity contribution in [3.8, 4) is 0 Å². The summed E-state index contributed by atoms with van der Waals surface area (Å²) < 4.78 is 5.12. The Morgan fingerprint density at radius 2 is 2.21 bits per heavy atom. The van der Waals surface area contributed by atoms with E-state index in [2.05, 4.69) is 27.4 Å². The molecule has 3 rings (SSSR count). The van der Waals surface area contributed by atoms with Gasteiger partial charge in [-0.15, -0.1) is 0 Å². The summed E-state index contributed by atoms with van der Waals surface area (Å²) >= 11 is 0. The molecule has 2 aromatic heterocycles. The third-order valence-electron chi connectivity index (χ3n) is 3.79. The first-order chi connectivity index (χ1) is 9.20. The topological polar surface area (TPSA) is 63.8 Å². The summed E-state index contributed by atoms with van der Waals surface area (Å²) in [6, 6.07) is 6.14. The molecule has 0 unspecified atom stereocenters. The van der Waals surface area contributed by atoms with Gasteiger partial charge in [0.2, 0.25) is 5.89 Å². The standard InChI is InChI=1S/C14H18N4O/c1-10(12-6-3-4-9-15-12)17-14(7-5-8-14)13-16-11(2)19-18-13/h3-4,6,9-10,17H,5,7-8H2,1-2H3/t10-/m1/s1. The summed E-state index contributed by atoms with van der Waals surface area (Å²) in [4.78, 5) is 8.78. The zero-order valence-corrected chi connectivity index (χ0v) is 11.3. The summed E-state index contributed by atoms with van der Waals surface area (Å²) in [5.41, 5.74) is 0.892. The van der Waals surface area contributed by atoms with Crippen LogP contribution in [0.25, 0.3) is 0 Å². The van der Waals surface area contributed by atoms with Crippen molar-refractivity contribution in [2.75, 3.05) is 0 Å². The highest BCUT2D eigenvalue weighted by atomic mass is 16.5. The van der Waals surface area contributed by atoms with E-state index in [0.717, 1.165) is 24.4 Å². The van der Waals surface area contributed by atoms with Gasteiger partial charge >= 0.3 is 0 Å². The number of aryl methyl sites for hydroxylation is 1. The highest BCUT2D eigenvalue weighted by Gasteiger charge is 2.43. The van der Waals surface area contributed by atoms with Crippen LogP contribution < -0.4 is 5.32 Å². The molecule has 19 heavy (non-hydrogen) atoms. The Morgan fingerprint density at radius 1 is 1.37 bits per heavy atom. The molecule has 0 spiro atoms. The maximum atomic E-state index is 5.12. The minimum Gasteiger partial charge on any atom is -0.340 e. The minimum absolute atomic E-state index is 0.144. The predicted octanol–water partition coefficient (Wildman–Crippen LogP) is 2.50. The number of pyridine rings is 1. The molecule has 1 aliphatic carbocycles. The first-order valence-electron chi connectivity index (χ1n) is 6.69. The molecule has 1 atom stereocenters. The molecule has 2 aromatic rings. The Bertz CT molecular complexity index is 548. The van der Waals surface area contributed by atoms with E-state index in [1.54, 1.807) is 0 Å². The second-order valence-electron chi connectivity index (χ2n) is 5.19. The van der Waals surface area contributed by atoms with Crippen LogP contribution in [0, 0.1) is 6.92 Å². The largest absolute Gasteiger partial charge is 0.340 e. The van der Waals surface area contributed by atoms with Crippen LogP contribution in [0.2, 0.25) is 0 Å². The van der Waals surface area contributed by atoms with Gasteiger partial charge in [-0.25, -0.2) is 0 Å². The van der Waals surface area contributed by atoms with Crippen LogP contribution in [-0.4, -0.2) is 15.1 Å². The van der Waals surface area contributed by atoms with Crippen LogP contribution in [-0.2, 0) is 5.54 Å². The first kappa shape index (κ1) is 12.3. The summed E-state index contributed by atoms with van der Waals surface area (Å²) in [7, 11) is 0. The van der Waals surface area contributed by atoms with Crippen LogP contribution in [0.15, 0.2) is 28.9 Å². The number of aromatic nitrogens is 3. The van der Waals surface area contributed by atoms with Gasteiger partial charge in [-0.3, -0.25) is 10.3 Å². The fourth-order valence-corrected chi connectivity index (χ4v) is 2.58. The molecule has 1 fully saturated rings. The van der Waals surface area contributed by atoms with Crippen LogP contribution >= 0.6 is 0 Å². The molecule has 0 saturated heterocycles. The van der Waals surface area contributed by atoms with Crippen LogP contribution in [0.4, 0.5) is 0 Å². The Labute approximate surface area is 112 Å². The molecule has 5 nitrogen and oxygen atoms in total. The molecule has 0 amide bonds. The van der Waals surface area contributed by atoms with Gasteiger partial charge in [0.15, 0.2) is 5.82 Å². The van der Waals surface area contributed by atoms with Crippen molar-refractivity contribution >= 4 is 0 Å². The molecule has 1 saturated carbocycles. The number of rotatable bonds is 4. The van der Waals surface area contributed by atoms with Crippen LogP contribution in [0.3, 0.4) is 0 Å². The zero-order chi connectivity index (χ0) is 13.3. The lowest BCUT2D eigenvalue weighted by Crippen LogP contribution is -2.50. The number of hydrogen-bond donors (Lipinski definition) is 1. The van der Waals surface area contributed by atoms with Crippen LogP contribution in [0.1, 0.15) is 49.6 Å². The van der Waals surface area contributed by atoms with E-state index in [0.29, 0.717) is 5.89 Å². The average molecular weight is 258 g/mol. The van der Waals surface area contributed by atoms with E-state index in [-0.39, 0.29) is 11.6 Å². The van der Waals surface area contributed by atoms with Crippen LogP contribution in [0.5, 0.6) is 0 Å². The lowest BCUT2D eigenvalue weighted by Gasteiger charge is -2.41. The molecule has 0 aromatic carbocycles. The number of nitrogens with zero attached hydrogens (tertiary/aromatic N) is 3. The second kappa shape index (κ2) is 4.74. The highest BCUT2D eigenvalue weighted by Crippen LogP contribution is 2.41. The normalized spacial score (nSPS) is 18.8. The molecule has 2 heterocycles. The molecule has 0 radical (unpaired) electrons. The van der Waals surface area contributed by atoms with Gasteiger partial charge < -0.3 is 4.52 Å². The fraction of sp³-hybridized carbons (Fsp3) is 0.500. The smallest absolute Gasteiger partial charge is 0.223 e. The second-order valence-corrected chi connectivity index (χ2v) is 5.19. The van der Waals surface area contributed by atoms with E-state index >= 15 is 0 Å².